The third kappa shape index (κ3) is 3.16. The van der Waals surface area contributed by atoms with Crippen LogP contribution in [0.2, 0.25) is 0 Å². The first-order valence-corrected chi connectivity index (χ1v) is 9.46. The molecule has 24 heavy (non-hydrogen) atoms. The zero-order valence-corrected chi connectivity index (χ0v) is 15.4. The fourth-order valence-electron chi connectivity index (χ4n) is 2.69. The molecule has 0 saturated heterocycles. The molecule has 3 rings (SSSR count). The van der Waals surface area contributed by atoms with Crippen molar-refractivity contribution in [1.82, 2.24) is 9.97 Å². The van der Waals surface area contributed by atoms with E-state index in [1.807, 2.05) is 6.92 Å². The van der Waals surface area contributed by atoms with Crippen LogP contribution in [0.25, 0.3) is 21.3 Å². The molecule has 0 radical (unpaired) electrons. The average Bonchev–Trinajstić information content (AvgIpc) is 2.97. The summed E-state index contributed by atoms with van der Waals surface area (Å²) in [6.45, 7) is 6.04. The lowest BCUT2D eigenvalue weighted by Crippen LogP contribution is -2.15. The van der Waals surface area contributed by atoms with E-state index >= 15 is 0 Å². The molecule has 1 N–H and O–H groups in total. The Morgan fingerprint density at radius 3 is 2.75 bits per heavy atom. The van der Waals surface area contributed by atoms with Gasteiger partial charge in [-0.1, -0.05) is 42.4 Å². The molecule has 124 valence electrons. The maximum atomic E-state index is 11.4. The van der Waals surface area contributed by atoms with Crippen LogP contribution < -0.4 is 0 Å². The number of hydrogen-bond donors (Lipinski definition) is 1. The third-order valence-corrected chi connectivity index (χ3v) is 6.15. The van der Waals surface area contributed by atoms with Crippen LogP contribution in [0.1, 0.15) is 24.5 Å². The predicted octanol–water partition coefficient (Wildman–Crippen LogP) is 4.93. The first-order valence-electron chi connectivity index (χ1n) is 7.70. The second kappa shape index (κ2) is 6.91. The molecule has 0 saturated carbocycles. The molecular weight excluding hydrogens is 340 g/mol. The van der Waals surface area contributed by atoms with Crippen molar-refractivity contribution in [1.29, 1.82) is 0 Å². The third-order valence-electron chi connectivity index (χ3n) is 3.91. The van der Waals surface area contributed by atoms with E-state index in [0.29, 0.717) is 6.42 Å². The fraction of sp³-hybridized carbons (Fsp3) is 0.278. The van der Waals surface area contributed by atoms with Crippen molar-refractivity contribution in [2.45, 2.75) is 37.5 Å². The number of nitrogens with zero attached hydrogens (tertiary/aromatic N) is 2. The summed E-state index contributed by atoms with van der Waals surface area (Å²) in [5.41, 5.74) is 4.64. The van der Waals surface area contributed by atoms with Gasteiger partial charge in [-0.2, -0.15) is 0 Å². The SMILES string of the molecule is CCC(Sc1ncnc2scc(-c3ccc(C)cc3C)c12)C(=O)O. The van der Waals surface area contributed by atoms with E-state index in [0.717, 1.165) is 26.4 Å². The number of rotatable bonds is 5. The van der Waals surface area contributed by atoms with Crippen LogP contribution in [0.3, 0.4) is 0 Å². The summed E-state index contributed by atoms with van der Waals surface area (Å²) < 4.78 is 0. The van der Waals surface area contributed by atoms with Crippen molar-refractivity contribution in [2.75, 3.05) is 0 Å². The molecule has 2 heterocycles. The highest BCUT2D eigenvalue weighted by Crippen LogP contribution is 2.40. The van der Waals surface area contributed by atoms with Crippen LogP contribution in [0.4, 0.5) is 0 Å². The van der Waals surface area contributed by atoms with Gasteiger partial charge in [0.25, 0.3) is 0 Å². The van der Waals surface area contributed by atoms with Crippen molar-refractivity contribution in [3.8, 4) is 11.1 Å². The molecular formula is C18H18N2O2S2. The Labute approximate surface area is 149 Å². The maximum absolute atomic E-state index is 11.4. The Kier molecular flexibility index (Phi) is 4.87. The molecule has 6 heteroatoms. The number of carboxylic acids is 1. The fourth-order valence-corrected chi connectivity index (χ4v) is 4.64. The molecule has 1 unspecified atom stereocenters. The zero-order chi connectivity index (χ0) is 17.3. The molecule has 0 aliphatic heterocycles. The second-order valence-electron chi connectivity index (χ2n) is 5.68. The Bertz CT molecular complexity index is 905. The lowest BCUT2D eigenvalue weighted by atomic mass is 9.99. The molecule has 3 aromatic rings. The summed E-state index contributed by atoms with van der Waals surface area (Å²) in [5, 5.41) is 12.6. The van der Waals surface area contributed by atoms with E-state index in [4.69, 9.17) is 0 Å². The van der Waals surface area contributed by atoms with Gasteiger partial charge >= 0.3 is 5.97 Å². The molecule has 4 nitrogen and oxygen atoms in total. The van der Waals surface area contributed by atoms with E-state index < -0.39 is 11.2 Å². The predicted molar refractivity (Wildman–Crippen MR) is 99.9 cm³/mol. The van der Waals surface area contributed by atoms with E-state index in [2.05, 4.69) is 47.4 Å². The highest BCUT2D eigenvalue weighted by molar-refractivity contribution is 8.00. The van der Waals surface area contributed by atoms with E-state index in [1.165, 1.54) is 29.2 Å². The minimum atomic E-state index is -0.808. The number of carboxylic acid groups (broad SMARTS) is 1. The minimum absolute atomic E-state index is 0.505. The number of aryl methyl sites for hydroxylation is 2. The van der Waals surface area contributed by atoms with Gasteiger partial charge < -0.3 is 5.11 Å². The van der Waals surface area contributed by atoms with Crippen LogP contribution in [-0.2, 0) is 4.79 Å². The Morgan fingerprint density at radius 2 is 2.08 bits per heavy atom. The Hall–Kier alpha value is -1.92. The summed E-state index contributed by atoms with van der Waals surface area (Å²) in [6, 6.07) is 6.36. The summed E-state index contributed by atoms with van der Waals surface area (Å²) in [5.74, 6) is -0.808. The van der Waals surface area contributed by atoms with Crippen molar-refractivity contribution in [3.05, 3.63) is 41.0 Å². The number of benzene rings is 1. The highest BCUT2D eigenvalue weighted by Gasteiger charge is 2.21. The van der Waals surface area contributed by atoms with E-state index in [9.17, 15) is 9.90 Å². The monoisotopic (exact) mass is 358 g/mol. The molecule has 1 atom stereocenters. The lowest BCUT2D eigenvalue weighted by Gasteiger charge is -2.11. The van der Waals surface area contributed by atoms with Gasteiger partial charge in [0.2, 0.25) is 0 Å². The second-order valence-corrected chi connectivity index (χ2v) is 7.73. The van der Waals surface area contributed by atoms with Crippen LogP contribution in [-0.4, -0.2) is 26.3 Å². The van der Waals surface area contributed by atoms with Gasteiger partial charge in [-0.25, -0.2) is 9.97 Å². The number of hydrogen-bond acceptors (Lipinski definition) is 5. The number of carbonyl (C=O) groups is 1. The molecule has 0 aliphatic rings. The Morgan fingerprint density at radius 1 is 1.29 bits per heavy atom. The van der Waals surface area contributed by atoms with Gasteiger partial charge in [0.15, 0.2) is 0 Å². The minimum Gasteiger partial charge on any atom is -0.480 e. The van der Waals surface area contributed by atoms with E-state index in [-0.39, 0.29) is 0 Å². The van der Waals surface area contributed by atoms with Crippen LogP contribution in [0.5, 0.6) is 0 Å². The average molecular weight is 358 g/mol. The smallest absolute Gasteiger partial charge is 0.317 e. The lowest BCUT2D eigenvalue weighted by molar-refractivity contribution is -0.136. The van der Waals surface area contributed by atoms with Crippen molar-refractivity contribution < 1.29 is 9.90 Å². The molecule has 0 amide bonds. The van der Waals surface area contributed by atoms with Gasteiger partial charge in [-0.3, -0.25) is 4.79 Å². The molecule has 1 aromatic carbocycles. The van der Waals surface area contributed by atoms with Gasteiger partial charge in [0, 0.05) is 10.9 Å². The molecule has 0 aliphatic carbocycles. The topological polar surface area (TPSA) is 63.1 Å². The quantitative estimate of drug-likeness (QED) is 0.517. The number of aromatic nitrogens is 2. The zero-order valence-electron chi connectivity index (χ0n) is 13.7. The summed E-state index contributed by atoms with van der Waals surface area (Å²) >= 11 is 2.87. The number of thioether (sulfide) groups is 1. The van der Waals surface area contributed by atoms with Crippen LogP contribution in [0, 0.1) is 13.8 Å². The number of aliphatic carboxylic acids is 1. The normalized spacial score (nSPS) is 12.5. The van der Waals surface area contributed by atoms with Crippen molar-refractivity contribution in [3.63, 3.8) is 0 Å². The van der Waals surface area contributed by atoms with Gasteiger partial charge in [-0.05, 0) is 31.4 Å². The van der Waals surface area contributed by atoms with Gasteiger partial charge in [-0.15, -0.1) is 11.3 Å². The summed E-state index contributed by atoms with van der Waals surface area (Å²) in [7, 11) is 0. The van der Waals surface area contributed by atoms with Gasteiger partial charge in [0.1, 0.15) is 21.4 Å². The first kappa shape index (κ1) is 16.9. The number of fused-ring (bicyclic) bond motifs is 1. The summed E-state index contributed by atoms with van der Waals surface area (Å²) in [4.78, 5) is 21.0. The largest absolute Gasteiger partial charge is 0.480 e. The van der Waals surface area contributed by atoms with Crippen molar-refractivity contribution in [2.24, 2.45) is 0 Å². The Balaban J connectivity index is 2.15. The number of thiophene rings is 1. The van der Waals surface area contributed by atoms with E-state index in [1.54, 1.807) is 11.3 Å². The van der Waals surface area contributed by atoms with Crippen LogP contribution in [0.15, 0.2) is 34.9 Å². The molecule has 0 fully saturated rings. The molecule has 2 aromatic heterocycles. The highest BCUT2D eigenvalue weighted by atomic mass is 32.2. The van der Waals surface area contributed by atoms with Crippen LogP contribution >= 0.6 is 23.1 Å². The molecule has 0 spiro atoms. The van der Waals surface area contributed by atoms with Crippen molar-refractivity contribution >= 4 is 39.3 Å². The maximum Gasteiger partial charge on any atom is 0.317 e. The standard InChI is InChI=1S/C18H18N2O2S2/c1-4-14(18(21)22)24-17-15-13(8-23-16(15)19-9-20-17)12-6-5-10(2)7-11(12)3/h5-9,14H,4H2,1-3H3,(H,21,22). The van der Waals surface area contributed by atoms with Gasteiger partial charge in [0.05, 0.1) is 5.39 Å². The summed E-state index contributed by atoms with van der Waals surface area (Å²) in [6.07, 6.45) is 2.07. The first-order chi connectivity index (χ1) is 11.5. The molecule has 0 bridgehead atoms.